The first-order chi connectivity index (χ1) is 19.2. The van der Waals surface area contributed by atoms with E-state index in [0.29, 0.717) is 67.0 Å². The lowest BCUT2D eigenvalue weighted by Crippen LogP contribution is -2.49. The molecule has 0 atom stereocenters. The van der Waals surface area contributed by atoms with Gasteiger partial charge in [0.1, 0.15) is 24.6 Å². The maximum absolute atomic E-state index is 13.3. The van der Waals surface area contributed by atoms with Crippen LogP contribution in [0.15, 0.2) is 35.5 Å². The fourth-order valence-corrected chi connectivity index (χ4v) is 4.98. The van der Waals surface area contributed by atoms with Crippen LogP contribution < -0.4 is 19.8 Å². The van der Waals surface area contributed by atoms with Gasteiger partial charge in [-0.15, -0.1) is 0 Å². The molecule has 0 radical (unpaired) electrons. The maximum Gasteiger partial charge on any atom is 0.410 e. The number of carbonyl (C=O) groups is 1. The van der Waals surface area contributed by atoms with Gasteiger partial charge in [-0.3, -0.25) is 14.7 Å². The Hall–Kier alpha value is -3.93. The molecule has 1 saturated heterocycles. The zero-order valence-electron chi connectivity index (χ0n) is 23.5. The molecule has 40 heavy (non-hydrogen) atoms. The molecule has 0 bridgehead atoms. The predicted molar refractivity (Wildman–Crippen MR) is 147 cm³/mol. The first-order valence-corrected chi connectivity index (χ1v) is 13.6. The lowest BCUT2D eigenvalue weighted by atomic mass is 10.0. The Labute approximate surface area is 232 Å². The Morgan fingerprint density at radius 3 is 2.48 bits per heavy atom. The van der Waals surface area contributed by atoms with Gasteiger partial charge in [0.05, 0.1) is 43.5 Å². The number of ether oxygens (including phenoxy) is 4. The third-order valence-corrected chi connectivity index (χ3v) is 7.00. The standard InChI is InChI=1S/C28H36N6O6/c1-28(2,3)40-27(36)34(18-19-13-23-24(16-29-19)39-12-11-38-23)20-5-7-32(8-6-20)9-10-33-22-14-21(37-4)15-30-26(22)31-17-25(33)35/h13-17,20H,5-12,18H2,1-4H3. The van der Waals surface area contributed by atoms with E-state index in [-0.39, 0.29) is 17.7 Å². The Kier molecular flexibility index (Phi) is 8.06. The number of likely N-dealkylation sites (tertiary alicyclic amines) is 1. The second-order valence-electron chi connectivity index (χ2n) is 11.0. The summed E-state index contributed by atoms with van der Waals surface area (Å²) in [6.07, 6.45) is 5.72. The van der Waals surface area contributed by atoms with E-state index in [1.165, 1.54) is 6.20 Å². The van der Waals surface area contributed by atoms with E-state index in [9.17, 15) is 9.59 Å². The van der Waals surface area contributed by atoms with Crippen LogP contribution in [0.2, 0.25) is 0 Å². The molecule has 5 heterocycles. The number of carbonyl (C=O) groups excluding carboxylic acids is 1. The highest BCUT2D eigenvalue weighted by Gasteiger charge is 2.32. The van der Waals surface area contributed by atoms with Crippen LogP contribution in [0.25, 0.3) is 11.2 Å². The highest BCUT2D eigenvalue weighted by atomic mass is 16.6. The van der Waals surface area contributed by atoms with Crippen molar-refractivity contribution >= 4 is 17.3 Å². The van der Waals surface area contributed by atoms with Crippen LogP contribution in [0.1, 0.15) is 39.3 Å². The lowest BCUT2D eigenvalue weighted by molar-refractivity contribution is 0.00529. The molecule has 3 aromatic heterocycles. The number of fused-ring (bicyclic) bond motifs is 2. The summed E-state index contributed by atoms with van der Waals surface area (Å²) in [4.78, 5) is 43.0. The molecule has 1 amide bonds. The van der Waals surface area contributed by atoms with Crippen molar-refractivity contribution in [3.05, 3.63) is 46.8 Å². The molecule has 0 spiro atoms. The van der Waals surface area contributed by atoms with Gasteiger partial charge in [-0.1, -0.05) is 0 Å². The summed E-state index contributed by atoms with van der Waals surface area (Å²) < 4.78 is 24.0. The molecule has 0 saturated carbocycles. The van der Waals surface area contributed by atoms with Gasteiger partial charge in [-0.25, -0.2) is 14.8 Å². The summed E-state index contributed by atoms with van der Waals surface area (Å²) in [6.45, 7) is 9.61. The van der Waals surface area contributed by atoms with Gasteiger partial charge in [-0.05, 0) is 33.6 Å². The van der Waals surface area contributed by atoms with E-state index in [0.717, 1.165) is 25.9 Å². The van der Waals surface area contributed by atoms with Gasteiger partial charge >= 0.3 is 6.09 Å². The Morgan fingerprint density at radius 2 is 1.75 bits per heavy atom. The van der Waals surface area contributed by atoms with Crippen molar-refractivity contribution in [2.45, 2.75) is 58.3 Å². The van der Waals surface area contributed by atoms with Crippen LogP contribution in [-0.2, 0) is 17.8 Å². The van der Waals surface area contributed by atoms with Crippen molar-refractivity contribution in [2.75, 3.05) is 40.0 Å². The average Bonchev–Trinajstić information content (AvgIpc) is 2.94. The summed E-state index contributed by atoms with van der Waals surface area (Å²) in [6, 6.07) is 3.61. The summed E-state index contributed by atoms with van der Waals surface area (Å²) in [7, 11) is 1.57. The molecule has 1 fully saturated rings. The quantitative estimate of drug-likeness (QED) is 0.433. The fourth-order valence-electron chi connectivity index (χ4n) is 4.98. The van der Waals surface area contributed by atoms with Crippen molar-refractivity contribution < 1.29 is 23.7 Å². The number of amides is 1. The third kappa shape index (κ3) is 6.44. The summed E-state index contributed by atoms with van der Waals surface area (Å²) in [5.74, 6) is 1.83. The highest BCUT2D eigenvalue weighted by Crippen LogP contribution is 2.30. The molecule has 2 aliphatic heterocycles. The van der Waals surface area contributed by atoms with E-state index in [4.69, 9.17) is 18.9 Å². The van der Waals surface area contributed by atoms with E-state index in [1.54, 1.807) is 35.0 Å². The normalized spacial score (nSPS) is 16.1. The van der Waals surface area contributed by atoms with Gasteiger partial charge in [0.25, 0.3) is 5.56 Å². The van der Waals surface area contributed by atoms with Crippen LogP contribution in [0, 0.1) is 0 Å². The van der Waals surface area contributed by atoms with Crippen molar-refractivity contribution in [1.29, 1.82) is 0 Å². The van der Waals surface area contributed by atoms with Crippen LogP contribution in [0.3, 0.4) is 0 Å². The molecule has 0 unspecified atom stereocenters. The van der Waals surface area contributed by atoms with Crippen molar-refractivity contribution in [3.8, 4) is 17.2 Å². The monoisotopic (exact) mass is 552 g/mol. The molecule has 0 aromatic carbocycles. The van der Waals surface area contributed by atoms with Crippen LogP contribution in [-0.4, -0.2) is 87.0 Å². The smallest absolute Gasteiger partial charge is 0.410 e. The lowest BCUT2D eigenvalue weighted by Gasteiger charge is -2.39. The van der Waals surface area contributed by atoms with Gasteiger partial charge in [-0.2, -0.15) is 0 Å². The first kappa shape index (κ1) is 27.6. The Bertz CT molecular complexity index is 1410. The average molecular weight is 553 g/mol. The van der Waals surface area contributed by atoms with Crippen LogP contribution in [0.4, 0.5) is 4.79 Å². The number of hydrogen-bond acceptors (Lipinski definition) is 10. The first-order valence-electron chi connectivity index (χ1n) is 13.6. The zero-order chi connectivity index (χ0) is 28.3. The molecule has 214 valence electrons. The number of aromatic nitrogens is 4. The number of pyridine rings is 2. The molecular weight excluding hydrogens is 516 g/mol. The second-order valence-corrected chi connectivity index (χ2v) is 11.0. The highest BCUT2D eigenvalue weighted by molar-refractivity contribution is 5.71. The number of piperidine rings is 1. The van der Waals surface area contributed by atoms with Gasteiger partial charge in [0, 0.05) is 44.4 Å². The van der Waals surface area contributed by atoms with E-state index < -0.39 is 5.60 Å². The SMILES string of the molecule is COc1cnc2ncc(=O)n(CCN3CCC(N(Cc4cc5c(cn4)OCCO5)C(=O)OC(C)(C)C)CC3)c2c1. The minimum atomic E-state index is -0.617. The van der Waals surface area contributed by atoms with Crippen molar-refractivity contribution in [2.24, 2.45) is 0 Å². The van der Waals surface area contributed by atoms with Gasteiger partial charge < -0.3 is 28.4 Å². The van der Waals surface area contributed by atoms with E-state index >= 15 is 0 Å². The van der Waals surface area contributed by atoms with Crippen molar-refractivity contribution in [1.82, 2.24) is 29.3 Å². The number of rotatable bonds is 7. The molecule has 3 aromatic rings. The molecular formula is C28H36N6O6. The molecule has 5 rings (SSSR count). The minimum Gasteiger partial charge on any atom is -0.495 e. The maximum atomic E-state index is 13.3. The Morgan fingerprint density at radius 1 is 1.02 bits per heavy atom. The number of hydrogen-bond donors (Lipinski definition) is 0. The van der Waals surface area contributed by atoms with Crippen molar-refractivity contribution in [3.63, 3.8) is 0 Å². The molecule has 2 aliphatic rings. The van der Waals surface area contributed by atoms with Crippen LogP contribution in [0.5, 0.6) is 17.2 Å². The second kappa shape index (κ2) is 11.7. The Balaban J connectivity index is 1.26. The molecule has 12 nitrogen and oxygen atoms in total. The molecule has 0 N–H and O–H groups in total. The third-order valence-electron chi connectivity index (χ3n) is 7.00. The summed E-state index contributed by atoms with van der Waals surface area (Å²) in [5.41, 5.74) is 1.06. The van der Waals surface area contributed by atoms with E-state index in [2.05, 4.69) is 19.9 Å². The largest absolute Gasteiger partial charge is 0.495 e. The minimum absolute atomic E-state index is 0.0148. The number of nitrogens with zero attached hydrogens (tertiary/aromatic N) is 6. The van der Waals surface area contributed by atoms with E-state index in [1.807, 2.05) is 26.8 Å². The summed E-state index contributed by atoms with van der Waals surface area (Å²) in [5, 5.41) is 0. The molecule has 0 aliphatic carbocycles. The summed E-state index contributed by atoms with van der Waals surface area (Å²) >= 11 is 0. The topological polar surface area (TPSA) is 121 Å². The predicted octanol–water partition coefficient (Wildman–Crippen LogP) is 2.87. The van der Waals surface area contributed by atoms with Crippen LogP contribution >= 0.6 is 0 Å². The van der Waals surface area contributed by atoms with Gasteiger partial charge in [0.15, 0.2) is 17.1 Å². The zero-order valence-corrected chi connectivity index (χ0v) is 23.5. The fraction of sp³-hybridized carbons (Fsp3) is 0.536. The molecule has 12 heteroatoms. The van der Waals surface area contributed by atoms with Gasteiger partial charge in [0.2, 0.25) is 0 Å². The number of methoxy groups -OCH3 is 1.